The zero-order valence-electron chi connectivity index (χ0n) is 7.84. The average molecular weight is 245 g/mol. The van der Waals surface area contributed by atoms with Crippen molar-refractivity contribution >= 4 is 15.9 Å². The Bertz CT molecular complexity index is 251. The number of ether oxygens (including phenoxy) is 2. The molecule has 0 unspecified atom stereocenters. The fourth-order valence-electron chi connectivity index (χ4n) is 1.12. The predicted octanol–water partition coefficient (Wildman–Crippen LogP) is 2.64. The molecule has 0 bridgehead atoms. The molecular weight excluding hydrogens is 232 g/mol. The minimum absolute atomic E-state index is 0.843. The molecule has 0 saturated carbocycles. The van der Waals surface area contributed by atoms with Crippen LogP contribution < -0.4 is 9.47 Å². The molecule has 13 heavy (non-hydrogen) atoms. The molecule has 0 spiro atoms. The lowest BCUT2D eigenvalue weighted by atomic mass is 10.1. The average Bonchev–Trinajstić information content (AvgIpc) is 2.17. The van der Waals surface area contributed by atoms with Gasteiger partial charge in [-0.25, -0.2) is 0 Å². The van der Waals surface area contributed by atoms with Crippen molar-refractivity contribution in [3.8, 4) is 11.5 Å². The fourth-order valence-corrected chi connectivity index (χ4v) is 1.58. The molecule has 72 valence electrons. The zero-order chi connectivity index (χ0) is 9.68. The summed E-state index contributed by atoms with van der Waals surface area (Å²) < 4.78 is 10.3. The second kappa shape index (κ2) is 5.12. The third-order valence-corrected chi connectivity index (χ3v) is 2.19. The summed E-state index contributed by atoms with van der Waals surface area (Å²) in [6.07, 6.45) is 0.980. The molecule has 0 fully saturated rings. The topological polar surface area (TPSA) is 18.5 Å². The molecule has 0 saturated heterocycles. The molecule has 1 rings (SSSR count). The first-order valence-corrected chi connectivity index (χ1v) is 5.20. The van der Waals surface area contributed by atoms with E-state index in [4.69, 9.17) is 9.47 Å². The second-order valence-electron chi connectivity index (χ2n) is 2.66. The van der Waals surface area contributed by atoms with Crippen LogP contribution in [0.3, 0.4) is 0 Å². The minimum Gasteiger partial charge on any atom is -0.497 e. The standard InChI is InChI=1S/C10H13BrO2/c1-12-9-5-8(3-4-11)6-10(7-9)13-2/h5-7H,3-4H2,1-2H3. The Labute approximate surface area is 87.0 Å². The highest BCUT2D eigenvalue weighted by molar-refractivity contribution is 9.09. The van der Waals surface area contributed by atoms with Crippen LogP contribution in [-0.2, 0) is 6.42 Å². The van der Waals surface area contributed by atoms with Crippen LogP contribution in [0.5, 0.6) is 11.5 Å². The maximum atomic E-state index is 5.15. The van der Waals surface area contributed by atoms with Crippen LogP contribution in [0.25, 0.3) is 0 Å². The Kier molecular flexibility index (Phi) is 4.09. The lowest BCUT2D eigenvalue weighted by molar-refractivity contribution is 0.393. The summed E-state index contributed by atoms with van der Waals surface area (Å²) in [6.45, 7) is 0. The monoisotopic (exact) mass is 244 g/mol. The van der Waals surface area contributed by atoms with E-state index in [1.807, 2.05) is 18.2 Å². The summed E-state index contributed by atoms with van der Waals surface area (Å²) in [6, 6.07) is 5.91. The van der Waals surface area contributed by atoms with Crippen LogP contribution in [-0.4, -0.2) is 19.5 Å². The lowest BCUT2D eigenvalue weighted by Gasteiger charge is -2.06. The molecule has 0 N–H and O–H groups in total. The smallest absolute Gasteiger partial charge is 0.122 e. The second-order valence-corrected chi connectivity index (χ2v) is 3.45. The van der Waals surface area contributed by atoms with Crippen LogP contribution in [0.15, 0.2) is 18.2 Å². The number of rotatable bonds is 4. The van der Waals surface area contributed by atoms with Crippen molar-refractivity contribution in [2.24, 2.45) is 0 Å². The number of alkyl halides is 1. The van der Waals surface area contributed by atoms with Gasteiger partial charge in [0.25, 0.3) is 0 Å². The fraction of sp³-hybridized carbons (Fsp3) is 0.400. The van der Waals surface area contributed by atoms with Crippen molar-refractivity contribution < 1.29 is 9.47 Å². The first-order valence-electron chi connectivity index (χ1n) is 4.08. The molecule has 0 aliphatic heterocycles. The SMILES string of the molecule is COc1cc(CCBr)cc(OC)c1. The highest BCUT2D eigenvalue weighted by atomic mass is 79.9. The number of halogens is 1. The summed E-state index contributed by atoms with van der Waals surface area (Å²) in [4.78, 5) is 0. The van der Waals surface area contributed by atoms with E-state index in [9.17, 15) is 0 Å². The predicted molar refractivity (Wildman–Crippen MR) is 57.0 cm³/mol. The summed E-state index contributed by atoms with van der Waals surface area (Å²) in [5.74, 6) is 1.69. The van der Waals surface area contributed by atoms with E-state index >= 15 is 0 Å². The highest BCUT2D eigenvalue weighted by Crippen LogP contribution is 2.22. The summed E-state index contributed by atoms with van der Waals surface area (Å²) in [7, 11) is 3.32. The molecule has 1 aromatic carbocycles. The maximum absolute atomic E-state index is 5.15. The van der Waals surface area contributed by atoms with Crippen molar-refractivity contribution in [3.63, 3.8) is 0 Å². The number of benzene rings is 1. The van der Waals surface area contributed by atoms with Gasteiger partial charge in [-0.05, 0) is 24.1 Å². The van der Waals surface area contributed by atoms with E-state index in [2.05, 4.69) is 15.9 Å². The highest BCUT2D eigenvalue weighted by Gasteiger charge is 2.00. The first-order chi connectivity index (χ1) is 6.30. The van der Waals surface area contributed by atoms with Gasteiger partial charge < -0.3 is 9.47 Å². The van der Waals surface area contributed by atoms with Crippen molar-refractivity contribution in [1.82, 2.24) is 0 Å². The molecule has 0 aliphatic carbocycles. The van der Waals surface area contributed by atoms with E-state index in [-0.39, 0.29) is 0 Å². The number of hydrogen-bond acceptors (Lipinski definition) is 2. The molecule has 1 aromatic rings. The van der Waals surface area contributed by atoms with Crippen LogP contribution in [0, 0.1) is 0 Å². The van der Waals surface area contributed by atoms with Crippen LogP contribution >= 0.6 is 15.9 Å². The number of hydrogen-bond donors (Lipinski definition) is 0. The maximum Gasteiger partial charge on any atom is 0.122 e. The van der Waals surface area contributed by atoms with Crippen LogP contribution in [0.2, 0.25) is 0 Å². The van der Waals surface area contributed by atoms with Gasteiger partial charge >= 0.3 is 0 Å². The third kappa shape index (κ3) is 2.92. The lowest BCUT2D eigenvalue weighted by Crippen LogP contribution is -1.91. The van der Waals surface area contributed by atoms with Crippen molar-refractivity contribution in [2.45, 2.75) is 6.42 Å². The molecule has 0 amide bonds. The van der Waals surface area contributed by atoms with Gasteiger partial charge in [0.1, 0.15) is 11.5 Å². The summed E-state index contributed by atoms with van der Waals surface area (Å²) in [5, 5.41) is 0.948. The van der Waals surface area contributed by atoms with Crippen molar-refractivity contribution in [3.05, 3.63) is 23.8 Å². The molecule has 0 aliphatic rings. The minimum atomic E-state index is 0.843. The van der Waals surface area contributed by atoms with Crippen LogP contribution in [0.4, 0.5) is 0 Å². The Morgan fingerprint density at radius 2 is 1.62 bits per heavy atom. The van der Waals surface area contributed by atoms with Crippen molar-refractivity contribution in [1.29, 1.82) is 0 Å². The Hall–Kier alpha value is -0.700. The number of methoxy groups -OCH3 is 2. The molecule has 2 nitrogen and oxygen atoms in total. The Balaban J connectivity index is 2.93. The largest absolute Gasteiger partial charge is 0.497 e. The molecule has 0 radical (unpaired) electrons. The normalized spacial score (nSPS) is 9.77. The summed E-state index contributed by atoms with van der Waals surface area (Å²) in [5.41, 5.74) is 1.22. The van der Waals surface area contributed by atoms with Gasteiger partial charge in [-0.2, -0.15) is 0 Å². The number of aryl methyl sites for hydroxylation is 1. The quantitative estimate of drug-likeness (QED) is 0.759. The van der Waals surface area contributed by atoms with Gasteiger partial charge in [0.15, 0.2) is 0 Å². The van der Waals surface area contributed by atoms with E-state index in [1.165, 1.54) is 5.56 Å². The van der Waals surface area contributed by atoms with Gasteiger partial charge in [-0.15, -0.1) is 0 Å². The van der Waals surface area contributed by atoms with Gasteiger partial charge in [0.05, 0.1) is 14.2 Å². The van der Waals surface area contributed by atoms with E-state index < -0.39 is 0 Å². The molecular formula is C10H13BrO2. The molecule has 0 atom stereocenters. The van der Waals surface area contributed by atoms with Gasteiger partial charge in [0.2, 0.25) is 0 Å². The van der Waals surface area contributed by atoms with Crippen molar-refractivity contribution in [2.75, 3.05) is 19.5 Å². The van der Waals surface area contributed by atoms with Gasteiger partial charge in [-0.1, -0.05) is 15.9 Å². The van der Waals surface area contributed by atoms with E-state index in [0.29, 0.717) is 0 Å². The van der Waals surface area contributed by atoms with E-state index in [1.54, 1.807) is 14.2 Å². The van der Waals surface area contributed by atoms with E-state index in [0.717, 1.165) is 23.2 Å². The first kappa shape index (κ1) is 10.4. The Morgan fingerprint density at radius 3 is 2.00 bits per heavy atom. The Morgan fingerprint density at radius 1 is 1.08 bits per heavy atom. The zero-order valence-corrected chi connectivity index (χ0v) is 9.43. The third-order valence-electron chi connectivity index (χ3n) is 1.79. The summed E-state index contributed by atoms with van der Waals surface area (Å²) >= 11 is 3.40. The molecule has 0 heterocycles. The van der Waals surface area contributed by atoms with Gasteiger partial charge in [0, 0.05) is 11.4 Å². The van der Waals surface area contributed by atoms with Gasteiger partial charge in [-0.3, -0.25) is 0 Å². The molecule has 3 heteroatoms. The van der Waals surface area contributed by atoms with Crippen LogP contribution in [0.1, 0.15) is 5.56 Å². The molecule has 0 aromatic heterocycles.